The molecule has 1 fully saturated rings. The lowest BCUT2D eigenvalue weighted by Gasteiger charge is -2.19. The number of hydrogen-bond acceptors (Lipinski definition) is 1. The number of rotatable bonds is 2. The Morgan fingerprint density at radius 1 is 1.06 bits per heavy atom. The minimum atomic E-state index is -0.543. The molecule has 1 nitrogen and oxygen atoms in total. The van der Waals surface area contributed by atoms with Gasteiger partial charge in [-0.15, -0.1) is 12.4 Å². The maximum atomic E-state index is 13.0. The van der Waals surface area contributed by atoms with Gasteiger partial charge in [-0.05, 0) is 36.5 Å². The quantitative estimate of drug-likeness (QED) is 0.850. The highest BCUT2D eigenvalue weighted by atomic mass is 35.5. The molecule has 2 N–H and O–H groups in total. The zero-order valence-electron chi connectivity index (χ0n) is 8.96. The van der Waals surface area contributed by atoms with Crippen LogP contribution < -0.4 is 5.73 Å². The molecule has 0 unspecified atom stereocenters. The SMILES string of the molecule is Cl.N[C@H](c1cc(F)cc(F)c1)C1CCCC1. The van der Waals surface area contributed by atoms with Gasteiger partial charge in [0.2, 0.25) is 0 Å². The monoisotopic (exact) mass is 247 g/mol. The molecule has 0 saturated heterocycles. The molecule has 0 aromatic heterocycles. The largest absolute Gasteiger partial charge is 0.324 e. The second-order valence-corrected chi connectivity index (χ2v) is 4.27. The summed E-state index contributed by atoms with van der Waals surface area (Å²) >= 11 is 0. The molecule has 1 saturated carbocycles. The Labute approximate surface area is 100 Å². The third-order valence-corrected chi connectivity index (χ3v) is 3.18. The smallest absolute Gasteiger partial charge is 0.126 e. The Bertz CT molecular complexity index is 331. The van der Waals surface area contributed by atoms with E-state index in [1.807, 2.05) is 0 Å². The van der Waals surface area contributed by atoms with Gasteiger partial charge in [0, 0.05) is 12.1 Å². The van der Waals surface area contributed by atoms with Crippen molar-refractivity contribution in [3.63, 3.8) is 0 Å². The fraction of sp³-hybridized carbons (Fsp3) is 0.500. The van der Waals surface area contributed by atoms with Gasteiger partial charge in [0.15, 0.2) is 0 Å². The van der Waals surface area contributed by atoms with Crippen LogP contribution in [0, 0.1) is 17.6 Å². The van der Waals surface area contributed by atoms with Crippen LogP contribution in [0.3, 0.4) is 0 Å². The zero-order valence-corrected chi connectivity index (χ0v) is 9.77. The molecule has 0 aliphatic heterocycles. The van der Waals surface area contributed by atoms with Gasteiger partial charge < -0.3 is 5.73 Å². The third kappa shape index (κ3) is 2.92. The lowest BCUT2D eigenvalue weighted by molar-refractivity contribution is 0.440. The molecule has 1 aromatic carbocycles. The molecule has 4 heteroatoms. The van der Waals surface area contributed by atoms with E-state index in [4.69, 9.17) is 5.73 Å². The summed E-state index contributed by atoms with van der Waals surface area (Å²) in [4.78, 5) is 0. The summed E-state index contributed by atoms with van der Waals surface area (Å²) in [5.41, 5.74) is 6.59. The van der Waals surface area contributed by atoms with Crippen molar-refractivity contribution in [2.75, 3.05) is 0 Å². The standard InChI is InChI=1S/C12H15F2N.ClH/c13-10-5-9(6-11(14)7-10)12(15)8-3-1-2-4-8;/h5-8,12H,1-4,15H2;1H/t12-;/m0./s1. The van der Waals surface area contributed by atoms with Crippen molar-refractivity contribution >= 4 is 12.4 Å². The first kappa shape index (κ1) is 13.4. The molecule has 1 atom stereocenters. The van der Waals surface area contributed by atoms with Gasteiger partial charge in [-0.1, -0.05) is 12.8 Å². The number of nitrogens with two attached hydrogens (primary N) is 1. The van der Waals surface area contributed by atoms with Crippen LogP contribution in [-0.4, -0.2) is 0 Å². The maximum Gasteiger partial charge on any atom is 0.126 e. The molecular weight excluding hydrogens is 232 g/mol. The summed E-state index contributed by atoms with van der Waals surface area (Å²) in [7, 11) is 0. The molecule has 16 heavy (non-hydrogen) atoms. The first-order chi connectivity index (χ1) is 7.16. The highest BCUT2D eigenvalue weighted by molar-refractivity contribution is 5.85. The average Bonchev–Trinajstić information content (AvgIpc) is 2.67. The van der Waals surface area contributed by atoms with Crippen molar-refractivity contribution < 1.29 is 8.78 Å². The van der Waals surface area contributed by atoms with E-state index in [0.29, 0.717) is 11.5 Å². The Balaban J connectivity index is 0.00000128. The van der Waals surface area contributed by atoms with Crippen LogP contribution in [0.25, 0.3) is 0 Å². The first-order valence-electron chi connectivity index (χ1n) is 5.38. The van der Waals surface area contributed by atoms with E-state index in [0.717, 1.165) is 18.9 Å². The van der Waals surface area contributed by atoms with E-state index in [1.165, 1.54) is 25.0 Å². The van der Waals surface area contributed by atoms with Gasteiger partial charge in [-0.3, -0.25) is 0 Å². The molecule has 0 amide bonds. The molecule has 0 spiro atoms. The van der Waals surface area contributed by atoms with Crippen LogP contribution in [0.15, 0.2) is 18.2 Å². The van der Waals surface area contributed by atoms with Crippen molar-refractivity contribution in [1.82, 2.24) is 0 Å². The molecule has 1 aliphatic carbocycles. The second-order valence-electron chi connectivity index (χ2n) is 4.27. The normalized spacial score (nSPS) is 18.2. The van der Waals surface area contributed by atoms with Gasteiger partial charge in [-0.2, -0.15) is 0 Å². The minimum absolute atomic E-state index is 0. The van der Waals surface area contributed by atoms with Crippen molar-refractivity contribution in [2.45, 2.75) is 31.7 Å². The number of halogens is 3. The van der Waals surface area contributed by atoms with E-state index in [9.17, 15) is 8.78 Å². The predicted octanol–water partition coefficient (Wildman–Crippen LogP) is 3.58. The maximum absolute atomic E-state index is 13.0. The van der Waals surface area contributed by atoms with E-state index in [1.54, 1.807) is 0 Å². The molecule has 1 aliphatic rings. The highest BCUT2D eigenvalue weighted by Crippen LogP contribution is 2.34. The van der Waals surface area contributed by atoms with Gasteiger partial charge in [0.05, 0.1) is 0 Å². The molecular formula is C12H16ClF2N. The van der Waals surface area contributed by atoms with Gasteiger partial charge in [-0.25, -0.2) is 8.78 Å². The van der Waals surface area contributed by atoms with E-state index in [-0.39, 0.29) is 18.4 Å². The fourth-order valence-corrected chi connectivity index (χ4v) is 2.36. The lowest BCUT2D eigenvalue weighted by Crippen LogP contribution is -2.19. The summed E-state index contributed by atoms with van der Waals surface area (Å²) in [6.07, 6.45) is 4.49. The predicted molar refractivity (Wildman–Crippen MR) is 62.5 cm³/mol. The summed E-state index contributed by atoms with van der Waals surface area (Å²) in [5.74, 6) is -0.705. The summed E-state index contributed by atoms with van der Waals surface area (Å²) in [5, 5.41) is 0. The molecule has 0 heterocycles. The molecule has 0 radical (unpaired) electrons. The van der Waals surface area contributed by atoms with Crippen LogP contribution in [0.2, 0.25) is 0 Å². The van der Waals surface area contributed by atoms with Gasteiger partial charge in [0.1, 0.15) is 11.6 Å². The van der Waals surface area contributed by atoms with Gasteiger partial charge in [0.25, 0.3) is 0 Å². The summed E-state index contributed by atoms with van der Waals surface area (Å²) < 4.78 is 26.0. The molecule has 1 aromatic rings. The van der Waals surface area contributed by atoms with Crippen molar-refractivity contribution in [2.24, 2.45) is 11.7 Å². The van der Waals surface area contributed by atoms with Crippen molar-refractivity contribution in [3.8, 4) is 0 Å². The summed E-state index contributed by atoms with van der Waals surface area (Å²) in [6, 6.07) is 3.33. The Morgan fingerprint density at radius 2 is 1.56 bits per heavy atom. The fourth-order valence-electron chi connectivity index (χ4n) is 2.36. The van der Waals surface area contributed by atoms with Crippen molar-refractivity contribution in [1.29, 1.82) is 0 Å². The second kappa shape index (κ2) is 5.60. The Kier molecular flexibility index (Phi) is 4.69. The van der Waals surface area contributed by atoms with E-state index < -0.39 is 11.6 Å². The molecule has 90 valence electrons. The minimum Gasteiger partial charge on any atom is -0.324 e. The third-order valence-electron chi connectivity index (χ3n) is 3.18. The average molecular weight is 248 g/mol. The van der Waals surface area contributed by atoms with Crippen LogP contribution in [-0.2, 0) is 0 Å². The topological polar surface area (TPSA) is 26.0 Å². The van der Waals surface area contributed by atoms with Crippen LogP contribution >= 0.6 is 12.4 Å². The lowest BCUT2D eigenvalue weighted by atomic mass is 9.92. The number of hydrogen-bond donors (Lipinski definition) is 1. The highest BCUT2D eigenvalue weighted by Gasteiger charge is 2.23. The van der Waals surface area contributed by atoms with Crippen molar-refractivity contribution in [3.05, 3.63) is 35.4 Å². The Hall–Kier alpha value is -0.670. The molecule has 0 bridgehead atoms. The number of benzene rings is 1. The van der Waals surface area contributed by atoms with Gasteiger partial charge >= 0.3 is 0 Å². The van der Waals surface area contributed by atoms with E-state index >= 15 is 0 Å². The van der Waals surface area contributed by atoms with Crippen LogP contribution in [0.4, 0.5) is 8.78 Å². The molecule has 2 rings (SSSR count). The Morgan fingerprint density at radius 3 is 2.06 bits per heavy atom. The van der Waals surface area contributed by atoms with Crippen LogP contribution in [0.1, 0.15) is 37.3 Å². The van der Waals surface area contributed by atoms with E-state index in [2.05, 4.69) is 0 Å². The zero-order chi connectivity index (χ0) is 10.8. The first-order valence-corrected chi connectivity index (χ1v) is 5.38. The van der Waals surface area contributed by atoms with Crippen LogP contribution in [0.5, 0.6) is 0 Å². The summed E-state index contributed by atoms with van der Waals surface area (Å²) in [6.45, 7) is 0.